The van der Waals surface area contributed by atoms with E-state index >= 15 is 0 Å². The van der Waals surface area contributed by atoms with E-state index in [1.165, 1.54) is 41.4 Å². The fourth-order valence-electron chi connectivity index (χ4n) is 4.36. The van der Waals surface area contributed by atoms with Crippen molar-refractivity contribution < 1.29 is 36.3 Å². The van der Waals surface area contributed by atoms with E-state index in [0.717, 1.165) is 4.90 Å². The molecule has 1 atom stereocenters. The minimum atomic E-state index is -4.47. The van der Waals surface area contributed by atoms with E-state index in [9.17, 15) is 36.3 Å². The number of carbonyl (C=O) groups excluding carboxylic acids is 3. The molecule has 14 heteroatoms. The van der Waals surface area contributed by atoms with Crippen LogP contribution < -0.4 is 15.5 Å². The van der Waals surface area contributed by atoms with Crippen LogP contribution in [0.4, 0.5) is 43.0 Å². The number of rotatable bonds is 6. The SMILES string of the molecule is CC1(C)C(=O)N(c2ccc(SC(F)(F)F)cc2)C(=O)N1Cc1ccnc(NC(=O)NC2CCC(F)(F)C2)c1. The number of aromatic nitrogens is 1. The minimum Gasteiger partial charge on any atom is -0.335 e. The summed E-state index contributed by atoms with van der Waals surface area (Å²) in [6.45, 7) is 3.06. The van der Waals surface area contributed by atoms with Crippen molar-refractivity contribution in [3.8, 4) is 0 Å². The van der Waals surface area contributed by atoms with Gasteiger partial charge in [0.2, 0.25) is 5.92 Å². The molecule has 0 bridgehead atoms. The molecule has 204 valence electrons. The zero-order chi connectivity index (χ0) is 27.9. The van der Waals surface area contributed by atoms with Gasteiger partial charge in [0.15, 0.2) is 0 Å². The van der Waals surface area contributed by atoms with E-state index in [0.29, 0.717) is 5.56 Å². The molecule has 8 nitrogen and oxygen atoms in total. The fourth-order valence-corrected chi connectivity index (χ4v) is 4.90. The number of hydrogen-bond donors (Lipinski definition) is 2. The maximum Gasteiger partial charge on any atom is 0.446 e. The van der Waals surface area contributed by atoms with Crippen LogP contribution in [0.2, 0.25) is 0 Å². The number of imide groups is 1. The van der Waals surface area contributed by atoms with Gasteiger partial charge in [-0.05, 0) is 74.0 Å². The molecule has 2 aliphatic rings. The summed E-state index contributed by atoms with van der Waals surface area (Å²) in [5.74, 6) is -3.24. The molecule has 2 N–H and O–H groups in total. The number of anilines is 2. The third-order valence-electron chi connectivity index (χ3n) is 6.30. The Labute approximate surface area is 218 Å². The van der Waals surface area contributed by atoms with Gasteiger partial charge in [-0.2, -0.15) is 13.2 Å². The summed E-state index contributed by atoms with van der Waals surface area (Å²) >= 11 is -0.303. The zero-order valence-electron chi connectivity index (χ0n) is 20.3. The predicted octanol–water partition coefficient (Wildman–Crippen LogP) is 5.75. The standard InChI is InChI=1S/C24H24F5N5O3S/c1-22(2)19(35)34(16-3-5-17(6-4-16)38-24(27,28)29)21(37)33(22)13-14-8-10-30-18(11-14)32-20(36)31-15-7-9-23(25,26)12-15/h3-6,8,10-11,15H,7,9,12-13H2,1-2H3,(H2,30,31,32,36). The lowest BCUT2D eigenvalue weighted by atomic mass is 10.0. The highest BCUT2D eigenvalue weighted by Gasteiger charge is 2.51. The van der Waals surface area contributed by atoms with E-state index in [2.05, 4.69) is 15.6 Å². The second-order valence-electron chi connectivity index (χ2n) is 9.55. The Morgan fingerprint density at radius 3 is 2.45 bits per heavy atom. The number of nitrogens with one attached hydrogen (secondary N) is 2. The van der Waals surface area contributed by atoms with Crippen LogP contribution in [-0.2, 0) is 11.3 Å². The van der Waals surface area contributed by atoms with Gasteiger partial charge in [0.05, 0.1) is 5.69 Å². The van der Waals surface area contributed by atoms with Crippen molar-refractivity contribution in [2.75, 3.05) is 10.2 Å². The number of alkyl halides is 5. The van der Waals surface area contributed by atoms with Crippen LogP contribution in [0, 0.1) is 0 Å². The second kappa shape index (κ2) is 10.0. The van der Waals surface area contributed by atoms with Crippen LogP contribution in [0.1, 0.15) is 38.7 Å². The molecule has 2 heterocycles. The number of nitrogens with zero attached hydrogens (tertiary/aromatic N) is 3. The number of pyridine rings is 1. The summed E-state index contributed by atoms with van der Waals surface area (Å²) in [6, 6.07) is 5.97. The first-order valence-electron chi connectivity index (χ1n) is 11.6. The summed E-state index contributed by atoms with van der Waals surface area (Å²) in [4.78, 5) is 44.8. The van der Waals surface area contributed by atoms with Crippen molar-refractivity contribution >= 4 is 41.2 Å². The topological polar surface area (TPSA) is 94.6 Å². The first kappa shape index (κ1) is 27.6. The molecule has 1 saturated heterocycles. The molecular weight excluding hydrogens is 533 g/mol. The Morgan fingerprint density at radius 1 is 1.16 bits per heavy atom. The third kappa shape index (κ3) is 6.17. The van der Waals surface area contributed by atoms with Gasteiger partial charge in [0, 0.05) is 36.5 Å². The Bertz CT molecular complexity index is 1240. The van der Waals surface area contributed by atoms with E-state index in [-0.39, 0.29) is 47.5 Å². The molecule has 1 saturated carbocycles. The lowest BCUT2D eigenvalue weighted by Gasteiger charge is -2.27. The molecule has 38 heavy (non-hydrogen) atoms. The largest absolute Gasteiger partial charge is 0.446 e. The van der Waals surface area contributed by atoms with Crippen molar-refractivity contribution in [3.63, 3.8) is 0 Å². The molecule has 4 rings (SSSR count). The number of amides is 5. The Hall–Kier alpha value is -3.42. The number of benzene rings is 1. The van der Waals surface area contributed by atoms with Crippen molar-refractivity contribution in [2.45, 2.75) is 67.6 Å². The Kier molecular flexibility index (Phi) is 7.30. The normalized spacial score (nSPS) is 20.7. The highest BCUT2D eigenvalue weighted by molar-refractivity contribution is 8.00. The predicted molar refractivity (Wildman–Crippen MR) is 130 cm³/mol. The number of carbonyl (C=O) groups is 3. The van der Waals surface area contributed by atoms with E-state index in [1.54, 1.807) is 19.9 Å². The second-order valence-corrected chi connectivity index (χ2v) is 10.7. The van der Waals surface area contributed by atoms with Gasteiger partial charge in [0.25, 0.3) is 5.91 Å². The van der Waals surface area contributed by atoms with Crippen molar-refractivity contribution in [2.24, 2.45) is 0 Å². The average Bonchev–Trinajstić information content (AvgIpc) is 3.22. The van der Waals surface area contributed by atoms with Crippen LogP contribution in [0.25, 0.3) is 0 Å². The first-order valence-corrected chi connectivity index (χ1v) is 12.4. The molecule has 1 aromatic carbocycles. The van der Waals surface area contributed by atoms with Gasteiger partial charge < -0.3 is 10.2 Å². The monoisotopic (exact) mass is 557 g/mol. The summed E-state index contributed by atoms with van der Waals surface area (Å²) < 4.78 is 64.6. The minimum absolute atomic E-state index is 0.0379. The highest BCUT2D eigenvalue weighted by Crippen LogP contribution is 2.39. The molecule has 2 aromatic rings. The fraction of sp³-hybridized carbons (Fsp3) is 0.417. The maximum absolute atomic E-state index is 13.4. The molecule has 0 radical (unpaired) electrons. The molecule has 1 aliphatic carbocycles. The number of thioether (sulfide) groups is 1. The molecule has 1 unspecified atom stereocenters. The summed E-state index contributed by atoms with van der Waals surface area (Å²) in [7, 11) is 0. The van der Waals surface area contributed by atoms with Gasteiger partial charge in [-0.25, -0.2) is 28.3 Å². The first-order chi connectivity index (χ1) is 17.6. The van der Waals surface area contributed by atoms with Crippen molar-refractivity contribution in [1.29, 1.82) is 0 Å². The van der Waals surface area contributed by atoms with Crippen LogP contribution >= 0.6 is 11.8 Å². The quantitative estimate of drug-likeness (QED) is 0.268. The van der Waals surface area contributed by atoms with Crippen molar-refractivity contribution in [1.82, 2.24) is 15.2 Å². The number of urea groups is 2. The van der Waals surface area contributed by atoms with Crippen LogP contribution in [0.15, 0.2) is 47.5 Å². The van der Waals surface area contributed by atoms with Crippen LogP contribution in [0.5, 0.6) is 0 Å². The van der Waals surface area contributed by atoms with Gasteiger partial charge in [0.1, 0.15) is 11.4 Å². The number of halogens is 5. The molecular formula is C24H24F5N5O3S. The van der Waals surface area contributed by atoms with Crippen LogP contribution in [0.3, 0.4) is 0 Å². The Morgan fingerprint density at radius 2 is 1.84 bits per heavy atom. The summed E-state index contributed by atoms with van der Waals surface area (Å²) in [6.07, 6.45) is 0.819. The van der Waals surface area contributed by atoms with Gasteiger partial charge in [-0.3, -0.25) is 10.1 Å². The summed E-state index contributed by atoms with van der Waals surface area (Å²) in [5, 5.41) is 4.98. The Balaban J connectivity index is 1.44. The van der Waals surface area contributed by atoms with Crippen LogP contribution in [-0.4, -0.2) is 50.9 Å². The van der Waals surface area contributed by atoms with Gasteiger partial charge >= 0.3 is 17.6 Å². The van der Waals surface area contributed by atoms with Gasteiger partial charge in [-0.1, -0.05) is 0 Å². The smallest absolute Gasteiger partial charge is 0.335 e. The molecule has 1 aliphatic heterocycles. The lowest BCUT2D eigenvalue weighted by Crippen LogP contribution is -2.43. The van der Waals surface area contributed by atoms with Crippen molar-refractivity contribution in [3.05, 3.63) is 48.2 Å². The molecule has 2 fully saturated rings. The summed E-state index contributed by atoms with van der Waals surface area (Å²) in [5.41, 5.74) is -5.09. The third-order valence-corrected chi connectivity index (χ3v) is 7.04. The average molecular weight is 558 g/mol. The molecule has 5 amide bonds. The number of hydrogen-bond acceptors (Lipinski definition) is 5. The molecule has 1 aromatic heterocycles. The van der Waals surface area contributed by atoms with Gasteiger partial charge in [-0.15, -0.1) is 0 Å². The van der Waals surface area contributed by atoms with E-state index < -0.39 is 47.4 Å². The maximum atomic E-state index is 13.4. The van der Waals surface area contributed by atoms with E-state index in [1.807, 2.05) is 0 Å². The zero-order valence-corrected chi connectivity index (χ0v) is 21.1. The highest BCUT2D eigenvalue weighted by atomic mass is 32.2. The van der Waals surface area contributed by atoms with E-state index in [4.69, 9.17) is 0 Å². The molecule has 0 spiro atoms. The lowest BCUT2D eigenvalue weighted by molar-refractivity contribution is -0.123.